The van der Waals surface area contributed by atoms with Crippen molar-refractivity contribution in [1.29, 1.82) is 5.26 Å². The molecular weight excluding hydrogens is 307 g/mol. The van der Waals surface area contributed by atoms with Gasteiger partial charge >= 0.3 is 0 Å². The van der Waals surface area contributed by atoms with Crippen LogP contribution < -0.4 is 4.90 Å². The van der Waals surface area contributed by atoms with Crippen LogP contribution in [0.4, 0.5) is 15.8 Å². The zero-order chi connectivity index (χ0) is 13.8. The molecule has 0 N–H and O–H groups in total. The highest BCUT2D eigenvalue weighted by Crippen LogP contribution is 2.29. The van der Waals surface area contributed by atoms with Gasteiger partial charge in [0.15, 0.2) is 0 Å². The minimum absolute atomic E-state index is 0.260. The summed E-state index contributed by atoms with van der Waals surface area (Å²) < 4.78 is 14.0. The SMILES string of the molecule is CCN(c1cccc(F)c1)c1ccc(C#N)c(Br)c1. The average Bonchev–Trinajstić information content (AvgIpc) is 2.40. The first-order valence-corrected chi connectivity index (χ1v) is 6.67. The molecule has 0 atom stereocenters. The van der Waals surface area contributed by atoms with Gasteiger partial charge in [0, 0.05) is 22.4 Å². The van der Waals surface area contributed by atoms with Gasteiger partial charge in [-0.3, -0.25) is 0 Å². The van der Waals surface area contributed by atoms with Crippen LogP contribution in [0.3, 0.4) is 0 Å². The molecule has 0 heterocycles. The number of benzene rings is 2. The molecule has 0 aliphatic rings. The third kappa shape index (κ3) is 2.94. The van der Waals surface area contributed by atoms with Crippen LogP contribution in [0.5, 0.6) is 0 Å². The fourth-order valence-corrected chi connectivity index (χ4v) is 2.38. The fourth-order valence-electron chi connectivity index (χ4n) is 1.92. The molecule has 0 aliphatic carbocycles. The van der Waals surface area contributed by atoms with Crippen LogP contribution in [0.1, 0.15) is 12.5 Å². The standard InChI is InChI=1S/C15H12BrFN2/c1-2-19(13-5-3-4-12(17)8-13)14-7-6-11(10-18)15(16)9-14/h3-9H,2H2,1H3. The molecule has 0 radical (unpaired) electrons. The largest absolute Gasteiger partial charge is 0.342 e. The van der Waals surface area contributed by atoms with E-state index >= 15 is 0 Å². The Bertz CT molecular complexity index is 634. The maximum atomic E-state index is 13.3. The van der Waals surface area contributed by atoms with E-state index in [1.54, 1.807) is 12.1 Å². The number of nitrogens with zero attached hydrogens (tertiary/aromatic N) is 2. The Labute approximate surface area is 120 Å². The lowest BCUT2D eigenvalue weighted by atomic mass is 10.2. The predicted molar refractivity (Wildman–Crippen MR) is 77.9 cm³/mol. The Kier molecular flexibility index (Phi) is 4.18. The van der Waals surface area contributed by atoms with E-state index < -0.39 is 0 Å². The van der Waals surface area contributed by atoms with Crippen LogP contribution in [-0.2, 0) is 0 Å². The predicted octanol–water partition coefficient (Wildman–Crippen LogP) is 4.62. The number of rotatable bonds is 3. The van der Waals surface area contributed by atoms with Gasteiger partial charge in [0.2, 0.25) is 0 Å². The zero-order valence-corrected chi connectivity index (χ0v) is 12.0. The number of hydrogen-bond acceptors (Lipinski definition) is 2. The van der Waals surface area contributed by atoms with Crippen molar-refractivity contribution >= 4 is 27.3 Å². The van der Waals surface area contributed by atoms with Crippen molar-refractivity contribution in [3.63, 3.8) is 0 Å². The highest BCUT2D eigenvalue weighted by Gasteiger charge is 2.10. The van der Waals surface area contributed by atoms with E-state index in [0.29, 0.717) is 12.1 Å². The van der Waals surface area contributed by atoms with E-state index in [1.807, 2.05) is 30.0 Å². The van der Waals surface area contributed by atoms with Gasteiger partial charge in [0.1, 0.15) is 11.9 Å². The lowest BCUT2D eigenvalue weighted by Gasteiger charge is -2.23. The molecule has 2 nitrogen and oxygen atoms in total. The van der Waals surface area contributed by atoms with E-state index in [1.165, 1.54) is 12.1 Å². The molecular formula is C15H12BrFN2. The highest BCUT2D eigenvalue weighted by atomic mass is 79.9. The molecule has 0 aliphatic heterocycles. The van der Waals surface area contributed by atoms with Crippen LogP contribution in [-0.4, -0.2) is 6.54 Å². The first kappa shape index (κ1) is 13.6. The molecule has 0 saturated heterocycles. The first-order chi connectivity index (χ1) is 9.15. The summed E-state index contributed by atoms with van der Waals surface area (Å²) in [4.78, 5) is 1.98. The lowest BCUT2D eigenvalue weighted by Crippen LogP contribution is -2.16. The van der Waals surface area contributed by atoms with Gasteiger partial charge in [-0.15, -0.1) is 0 Å². The van der Waals surface area contributed by atoms with Crippen LogP contribution in [0.2, 0.25) is 0 Å². The van der Waals surface area contributed by atoms with Crippen molar-refractivity contribution in [2.45, 2.75) is 6.92 Å². The van der Waals surface area contributed by atoms with Gasteiger partial charge in [-0.25, -0.2) is 4.39 Å². The van der Waals surface area contributed by atoms with Crippen molar-refractivity contribution in [3.05, 3.63) is 58.3 Å². The molecule has 0 bridgehead atoms. The Morgan fingerprint density at radius 3 is 2.53 bits per heavy atom. The Balaban J connectivity index is 2.43. The molecule has 0 spiro atoms. The Hall–Kier alpha value is -1.86. The molecule has 96 valence electrons. The minimum atomic E-state index is -0.260. The zero-order valence-electron chi connectivity index (χ0n) is 10.4. The van der Waals surface area contributed by atoms with Gasteiger partial charge in [0.25, 0.3) is 0 Å². The summed E-state index contributed by atoms with van der Waals surface area (Å²) in [5, 5.41) is 8.92. The maximum Gasteiger partial charge on any atom is 0.125 e. The van der Waals surface area contributed by atoms with Gasteiger partial charge in [-0.2, -0.15) is 5.26 Å². The van der Waals surface area contributed by atoms with Gasteiger partial charge in [0.05, 0.1) is 5.56 Å². The third-order valence-electron chi connectivity index (χ3n) is 2.82. The number of anilines is 2. The third-order valence-corrected chi connectivity index (χ3v) is 3.48. The fraction of sp³-hybridized carbons (Fsp3) is 0.133. The molecule has 0 fully saturated rings. The number of nitriles is 1. The molecule has 4 heteroatoms. The van der Waals surface area contributed by atoms with E-state index in [-0.39, 0.29) is 5.82 Å². The Morgan fingerprint density at radius 1 is 1.21 bits per heavy atom. The normalized spacial score (nSPS) is 10.0. The summed E-state index contributed by atoms with van der Waals surface area (Å²) in [5.41, 5.74) is 2.29. The maximum absolute atomic E-state index is 13.3. The molecule has 2 rings (SSSR count). The summed E-state index contributed by atoms with van der Waals surface area (Å²) in [6.07, 6.45) is 0. The molecule has 2 aromatic carbocycles. The molecule has 0 unspecified atom stereocenters. The second-order valence-electron chi connectivity index (χ2n) is 4.00. The average molecular weight is 319 g/mol. The number of halogens is 2. The van der Waals surface area contributed by atoms with Crippen molar-refractivity contribution in [1.82, 2.24) is 0 Å². The monoisotopic (exact) mass is 318 g/mol. The van der Waals surface area contributed by atoms with Crippen LogP contribution in [0.15, 0.2) is 46.9 Å². The highest BCUT2D eigenvalue weighted by molar-refractivity contribution is 9.10. The lowest BCUT2D eigenvalue weighted by molar-refractivity contribution is 0.627. The smallest absolute Gasteiger partial charge is 0.125 e. The Morgan fingerprint density at radius 2 is 1.95 bits per heavy atom. The summed E-state index contributed by atoms with van der Waals surface area (Å²) in [7, 11) is 0. The van der Waals surface area contributed by atoms with Crippen molar-refractivity contribution < 1.29 is 4.39 Å². The van der Waals surface area contributed by atoms with Crippen molar-refractivity contribution in [2.24, 2.45) is 0 Å². The topological polar surface area (TPSA) is 27.0 Å². The molecule has 0 aromatic heterocycles. The van der Waals surface area contributed by atoms with Crippen LogP contribution >= 0.6 is 15.9 Å². The number of hydrogen-bond donors (Lipinski definition) is 0. The summed E-state index contributed by atoms with van der Waals surface area (Å²) in [6, 6.07) is 14.0. The summed E-state index contributed by atoms with van der Waals surface area (Å²) in [5.74, 6) is -0.260. The second kappa shape index (κ2) is 5.85. The van der Waals surface area contributed by atoms with E-state index in [4.69, 9.17) is 5.26 Å². The van der Waals surface area contributed by atoms with Gasteiger partial charge in [-0.05, 0) is 59.3 Å². The molecule has 2 aromatic rings. The quantitative estimate of drug-likeness (QED) is 0.825. The summed E-state index contributed by atoms with van der Waals surface area (Å²) in [6.45, 7) is 2.71. The van der Waals surface area contributed by atoms with Gasteiger partial charge in [-0.1, -0.05) is 6.07 Å². The van der Waals surface area contributed by atoms with E-state index in [9.17, 15) is 4.39 Å². The minimum Gasteiger partial charge on any atom is -0.342 e. The molecule has 0 amide bonds. The molecule has 19 heavy (non-hydrogen) atoms. The van der Waals surface area contributed by atoms with E-state index in [0.717, 1.165) is 15.8 Å². The van der Waals surface area contributed by atoms with Crippen molar-refractivity contribution in [2.75, 3.05) is 11.4 Å². The van der Waals surface area contributed by atoms with Gasteiger partial charge < -0.3 is 4.90 Å². The second-order valence-corrected chi connectivity index (χ2v) is 4.85. The summed E-state index contributed by atoms with van der Waals surface area (Å²) >= 11 is 3.37. The van der Waals surface area contributed by atoms with Crippen LogP contribution in [0, 0.1) is 17.1 Å². The molecule has 0 saturated carbocycles. The van der Waals surface area contributed by atoms with Crippen molar-refractivity contribution in [3.8, 4) is 6.07 Å². The van der Waals surface area contributed by atoms with E-state index in [2.05, 4.69) is 22.0 Å². The first-order valence-electron chi connectivity index (χ1n) is 5.88. The van der Waals surface area contributed by atoms with Crippen LogP contribution in [0.25, 0.3) is 0 Å².